The average molecular weight is 433 g/mol. The first-order valence-corrected chi connectivity index (χ1v) is 10.5. The van der Waals surface area contributed by atoms with E-state index in [4.69, 9.17) is 0 Å². The molecule has 0 saturated carbocycles. The molecule has 4 aromatic rings. The summed E-state index contributed by atoms with van der Waals surface area (Å²) in [4.78, 5) is 0. The molecule has 0 aliphatic carbocycles. The number of imidazole rings is 1. The van der Waals surface area contributed by atoms with Gasteiger partial charge >= 0.3 is 175 Å². The Labute approximate surface area is 174 Å². The van der Waals surface area contributed by atoms with Crippen LogP contribution in [0, 0.1) is 45.9 Å². The molecule has 0 atom stereocenters. The molecule has 2 nitrogen and oxygen atoms in total. The summed E-state index contributed by atoms with van der Waals surface area (Å²) in [6.07, 6.45) is 2.23. The molecule has 4 rings (SSSR count). The van der Waals surface area contributed by atoms with Gasteiger partial charge in [0.1, 0.15) is 0 Å². The first-order valence-electron chi connectivity index (χ1n) is 9.67. The molecule has 142 valence electrons. The molecule has 2 heterocycles. The van der Waals surface area contributed by atoms with E-state index in [-0.39, 0.29) is 0 Å². The van der Waals surface area contributed by atoms with Gasteiger partial charge < -0.3 is 0 Å². The van der Waals surface area contributed by atoms with Crippen molar-refractivity contribution in [1.29, 1.82) is 0 Å². The molecule has 0 amide bonds. The van der Waals surface area contributed by atoms with Crippen molar-refractivity contribution in [2.75, 3.05) is 0 Å². The van der Waals surface area contributed by atoms with E-state index in [0.29, 0.717) is 0 Å². The molecule has 3 heteroatoms. The van der Waals surface area contributed by atoms with E-state index in [1.807, 2.05) is 0 Å². The number of rotatable bonds is 2. The van der Waals surface area contributed by atoms with Crippen molar-refractivity contribution in [3.8, 4) is 16.9 Å². The molecular weight excluding hydrogens is 407 g/mol. The topological polar surface area (TPSA) is 9.34 Å². The van der Waals surface area contributed by atoms with Gasteiger partial charge in [-0.1, -0.05) is 0 Å². The molecule has 0 aliphatic heterocycles. The minimum absolute atomic E-state index is 1.10. The third-order valence-corrected chi connectivity index (χ3v) is 6.28. The normalized spacial score (nSPS) is 11.4. The van der Waals surface area contributed by atoms with Crippen LogP contribution in [-0.2, 0) is 0 Å². The van der Waals surface area contributed by atoms with Gasteiger partial charge in [-0.2, -0.15) is 0 Å². The summed E-state index contributed by atoms with van der Waals surface area (Å²) in [7, 11) is 0. The van der Waals surface area contributed by atoms with E-state index in [1.54, 1.807) is 0 Å². The Hall–Kier alpha value is -2.35. The maximum absolute atomic E-state index is 3.35. The number of fused-ring (bicyclic) bond motifs is 1. The van der Waals surface area contributed by atoms with Crippen molar-refractivity contribution in [2.24, 2.45) is 0 Å². The molecule has 0 radical (unpaired) electrons. The molecule has 0 fully saturated rings. The van der Waals surface area contributed by atoms with Crippen LogP contribution >= 0.6 is 0 Å². The van der Waals surface area contributed by atoms with Crippen LogP contribution in [0.15, 0.2) is 48.7 Å². The van der Waals surface area contributed by atoms with Crippen molar-refractivity contribution in [3.63, 3.8) is 0 Å². The third kappa shape index (κ3) is 2.99. The van der Waals surface area contributed by atoms with Crippen LogP contribution in [-0.4, -0.2) is 24.5 Å². The van der Waals surface area contributed by atoms with Crippen LogP contribution in [0.4, 0.5) is 0 Å². The number of aromatic nitrogens is 2. The average Bonchev–Trinajstić information content (AvgIpc) is 2.90. The molecule has 0 saturated heterocycles. The summed E-state index contributed by atoms with van der Waals surface area (Å²) in [5, 5.41) is 0. The Morgan fingerprint density at radius 2 is 1.25 bits per heavy atom. The predicted molar refractivity (Wildman–Crippen MR) is 120 cm³/mol. The molecule has 0 N–H and O–H groups in total. The quantitative estimate of drug-likeness (QED) is 0.346. The third-order valence-electron chi connectivity index (χ3n) is 5.49. The number of hydrogen-bond acceptors (Lipinski definition) is 0. The molecule has 2 aromatic carbocycles. The Bertz CT molecular complexity index is 1240. The molecular formula is C25H26N2Se. The van der Waals surface area contributed by atoms with Gasteiger partial charge in [0.25, 0.3) is 0 Å². The summed E-state index contributed by atoms with van der Waals surface area (Å²) in [6, 6.07) is 15.6. The second-order valence-corrected chi connectivity index (χ2v) is 8.74. The first-order chi connectivity index (χ1) is 13.3. The van der Waals surface area contributed by atoms with Gasteiger partial charge in [-0.05, 0) is 0 Å². The van der Waals surface area contributed by atoms with Crippen LogP contribution < -0.4 is 0 Å². The molecule has 2 aromatic heterocycles. The number of pyridine rings is 1. The van der Waals surface area contributed by atoms with Gasteiger partial charge in [0.2, 0.25) is 0 Å². The van der Waals surface area contributed by atoms with Gasteiger partial charge in [-0.15, -0.1) is 0 Å². The second kappa shape index (κ2) is 6.92. The number of hydrogen-bond donors (Lipinski definition) is 0. The maximum atomic E-state index is 3.35. The fraction of sp³-hybridized carbons (Fsp3) is 0.240. The second-order valence-electron chi connectivity index (χ2n) is 7.97. The fourth-order valence-electron chi connectivity index (χ4n) is 4.63. The summed E-state index contributed by atoms with van der Waals surface area (Å²) in [6.45, 7) is 13.1. The number of aryl methyl sites for hydroxylation is 6. The molecule has 0 aliphatic rings. The predicted octanol–water partition coefficient (Wildman–Crippen LogP) is 5.95. The van der Waals surface area contributed by atoms with E-state index < -0.39 is 0 Å². The molecule has 0 bridgehead atoms. The summed E-state index contributed by atoms with van der Waals surface area (Å²) in [5.41, 5.74) is 12.8. The van der Waals surface area contributed by atoms with E-state index in [0.717, 1.165) is 4.32 Å². The number of nitrogens with zero attached hydrogens (tertiary/aromatic N) is 2. The summed E-state index contributed by atoms with van der Waals surface area (Å²) in [5.74, 6) is 0. The Kier molecular flexibility index (Phi) is 4.69. The van der Waals surface area contributed by atoms with Gasteiger partial charge in [0, 0.05) is 0 Å². The Morgan fingerprint density at radius 3 is 1.82 bits per heavy atom. The van der Waals surface area contributed by atoms with Crippen LogP contribution in [0.25, 0.3) is 22.5 Å². The van der Waals surface area contributed by atoms with Crippen molar-refractivity contribution in [2.45, 2.75) is 41.5 Å². The molecule has 0 spiro atoms. The van der Waals surface area contributed by atoms with Crippen LogP contribution in [0.2, 0.25) is 0 Å². The summed E-state index contributed by atoms with van der Waals surface area (Å²) >= 11 is 3.35. The van der Waals surface area contributed by atoms with E-state index >= 15 is 0 Å². The van der Waals surface area contributed by atoms with Crippen molar-refractivity contribution < 1.29 is 0 Å². The van der Waals surface area contributed by atoms with Crippen molar-refractivity contribution >= 4 is 21.1 Å². The Morgan fingerprint density at radius 1 is 0.714 bits per heavy atom. The van der Waals surface area contributed by atoms with E-state index in [9.17, 15) is 0 Å². The van der Waals surface area contributed by atoms with Gasteiger partial charge in [-0.3, -0.25) is 0 Å². The monoisotopic (exact) mass is 434 g/mol. The van der Waals surface area contributed by atoms with Crippen LogP contribution in [0.1, 0.15) is 33.4 Å². The van der Waals surface area contributed by atoms with Crippen LogP contribution in [0.5, 0.6) is 0 Å². The van der Waals surface area contributed by atoms with Gasteiger partial charge in [-0.25, -0.2) is 0 Å². The SMILES string of the molecule is Cc1cc(C)c(-c2cccc3cn(-c4c(C)cc(C)cc4C)c(=[Se])n23)c(C)c1. The first kappa shape index (κ1) is 19.0. The van der Waals surface area contributed by atoms with Gasteiger partial charge in [0.05, 0.1) is 0 Å². The van der Waals surface area contributed by atoms with Gasteiger partial charge in [0.15, 0.2) is 0 Å². The standard InChI is InChI=1S/C25H26N2Se/c1-15-10-17(3)23(18(4)11-15)22-9-7-8-21-14-26(25(28)27(21)22)24-19(5)12-16(2)13-20(24)6/h7-14H,1-6H3. The Balaban J connectivity index is 2.06. The zero-order valence-corrected chi connectivity index (χ0v) is 19.1. The van der Waals surface area contributed by atoms with Crippen molar-refractivity contribution in [3.05, 3.63) is 86.4 Å². The van der Waals surface area contributed by atoms with Crippen molar-refractivity contribution in [1.82, 2.24) is 8.97 Å². The number of benzene rings is 2. The summed E-state index contributed by atoms with van der Waals surface area (Å²) < 4.78 is 5.73. The molecule has 0 unspecified atom stereocenters. The minimum atomic E-state index is 1.10. The molecule has 28 heavy (non-hydrogen) atoms. The zero-order chi connectivity index (χ0) is 20.2. The van der Waals surface area contributed by atoms with Crippen LogP contribution in [0.3, 0.4) is 0 Å². The van der Waals surface area contributed by atoms with E-state index in [2.05, 4.69) is 115 Å². The fourth-order valence-corrected chi connectivity index (χ4v) is 5.36. The zero-order valence-electron chi connectivity index (χ0n) is 17.4. The van der Waals surface area contributed by atoms with E-state index in [1.165, 1.54) is 55.8 Å².